The molecule has 3 heterocycles. The van der Waals surface area contributed by atoms with E-state index in [-0.39, 0.29) is 11.8 Å². The van der Waals surface area contributed by atoms with Crippen molar-refractivity contribution in [2.24, 2.45) is 0 Å². The van der Waals surface area contributed by atoms with Gasteiger partial charge in [0, 0.05) is 42.5 Å². The lowest BCUT2D eigenvalue weighted by molar-refractivity contribution is 0.00771. The average Bonchev–Trinajstić information content (AvgIpc) is 3.15. The maximum Gasteiger partial charge on any atom is 0.257 e. The second-order valence-corrected chi connectivity index (χ2v) is 7.75. The summed E-state index contributed by atoms with van der Waals surface area (Å²) in [7, 11) is 0. The van der Waals surface area contributed by atoms with Crippen molar-refractivity contribution in [1.82, 2.24) is 14.8 Å². The van der Waals surface area contributed by atoms with Crippen molar-refractivity contribution in [3.05, 3.63) is 100 Å². The summed E-state index contributed by atoms with van der Waals surface area (Å²) in [5, 5.41) is 0.613. The van der Waals surface area contributed by atoms with Crippen LogP contribution in [0.3, 0.4) is 0 Å². The maximum absolute atomic E-state index is 13.5. The van der Waals surface area contributed by atoms with E-state index in [0.717, 1.165) is 11.1 Å². The van der Waals surface area contributed by atoms with Gasteiger partial charge in [-0.2, -0.15) is 0 Å². The van der Waals surface area contributed by atoms with Crippen LogP contribution in [-0.2, 0) is 12.1 Å². The Hall–Kier alpha value is -3.18. The van der Waals surface area contributed by atoms with E-state index in [4.69, 9.17) is 11.6 Å². The number of benzene rings is 2. The number of nitrogens with zero attached hydrogens (tertiary/aromatic N) is 3. The summed E-state index contributed by atoms with van der Waals surface area (Å²) in [4.78, 5) is 34.6. The van der Waals surface area contributed by atoms with Crippen LogP contribution in [0.15, 0.2) is 73.1 Å². The standard InChI is InChI=1S/C23H18ClN3O2/c24-19-9-7-18(8-10-19)23-14-16-4-1-2-6-20(16)22(29)27(23)13-12-26(23)21(28)17-5-3-11-25-15-17/h1-11,15H,12-14H2. The predicted molar refractivity (Wildman–Crippen MR) is 110 cm³/mol. The first-order chi connectivity index (χ1) is 14.1. The van der Waals surface area contributed by atoms with Crippen molar-refractivity contribution in [1.29, 1.82) is 0 Å². The summed E-state index contributed by atoms with van der Waals surface area (Å²) in [6.45, 7) is 0.928. The van der Waals surface area contributed by atoms with Crippen LogP contribution in [0.4, 0.5) is 0 Å². The van der Waals surface area contributed by atoms with E-state index >= 15 is 0 Å². The molecule has 5 rings (SSSR count). The summed E-state index contributed by atoms with van der Waals surface area (Å²) in [5.74, 6) is -0.189. The first-order valence-electron chi connectivity index (χ1n) is 9.49. The molecule has 144 valence electrons. The van der Waals surface area contributed by atoms with Crippen LogP contribution in [0, 0.1) is 0 Å². The van der Waals surface area contributed by atoms with Gasteiger partial charge in [-0.15, -0.1) is 0 Å². The molecule has 0 bridgehead atoms. The quantitative estimate of drug-likeness (QED) is 0.655. The van der Waals surface area contributed by atoms with Gasteiger partial charge in [0.15, 0.2) is 0 Å². The number of aromatic nitrogens is 1. The van der Waals surface area contributed by atoms with Crippen LogP contribution < -0.4 is 0 Å². The van der Waals surface area contributed by atoms with Crippen LogP contribution in [-0.4, -0.2) is 39.7 Å². The predicted octanol–water partition coefficient (Wildman–Crippen LogP) is 3.74. The van der Waals surface area contributed by atoms with Gasteiger partial charge in [-0.1, -0.05) is 41.9 Å². The number of carbonyl (C=O) groups is 2. The lowest BCUT2D eigenvalue weighted by Gasteiger charge is -2.47. The minimum atomic E-state index is -0.886. The van der Waals surface area contributed by atoms with Crippen molar-refractivity contribution in [3.8, 4) is 0 Å². The van der Waals surface area contributed by atoms with Gasteiger partial charge in [-0.05, 0) is 41.5 Å². The molecule has 2 aromatic carbocycles. The van der Waals surface area contributed by atoms with Gasteiger partial charge in [0.25, 0.3) is 11.8 Å². The Labute approximate surface area is 173 Å². The van der Waals surface area contributed by atoms with E-state index < -0.39 is 5.66 Å². The topological polar surface area (TPSA) is 53.5 Å². The van der Waals surface area contributed by atoms with Crippen LogP contribution in [0.1, 0.15) is 31.8 Å². The Bertz CT molecular complexity index is 1100. The van der Waals surface area contributed by atoms with Crippen molar-refractivity contribution in [2.75, 3.05) is 13.1 Å². The summed E-state index contributed by atoms with van der Waals surface area (Å²) >= 11 is 6.13. The third-order valence-corrected chi connectivity index (χ3v) is 6.08. The molecule has 1 atom stereocenters. The van der Waals surface area contributed by atoms with Gasteiger partial charge in [0.2, 0.25) is 0 Å². The normalized spacial score (nSPS) is 20.4. The third kappa shape index (κ3) is 2.65. The number of rotatable bonds is 2. The number of hydrogen-bond donors (Lipinski definition) is 0. The summed E-state index contributed by atoms with van der Waals surface area (Å²) in [6, 6.07) is 18.6. The van der Waals surface area contributed by atoms with Crippen LogP contribution in [0.2, 0.25) is 5.02 Å². The van der Waals surface area contributed by atoms with E-state index in [1.54, 1.807) is 41.6 Å². The summed E-state index contributed by atoms with van der Waals surface area (Å²) < 4.78 is 0. The van der Waals surface area contributed by atoms with Crippen LogP contribution >= 0.6 is 11.6 Å². The minimum absolute atomic E-state index is 0.0525. The van der Waals surface area contributed by atoms with Gasteiger partial charge >= 0.3 is 0 Å². The molecular formula is C23H18ClN3O2. The molecule has 1 aromatic heterocycles. The van der Waals surface area contributed by atoms with Crippen LogP contribution in [0.25, 0.3) is 0 Å². The zero-order chi connectivity index (χ0) is 20.0. The second-order valence-electron chi connectivity index (χ2n) is 7.31. The fourth-order valence-corrected chi connectivity index (χ4v) is 4.64. The molecule has 0 N–H and O–H groups in total. The zero-order valence-electron chi connectivity index (χ0n) is 15.6. The lowest BCUT2D eigenvalue weighted by atomic mass is 9.83. The number of carbonyl (C=O) groups excluding carboxylic acids is 2. The number of halogens is 1. The lowest BCUT2D eigenvalue weighted by Crippen LogP contribution is -2.58. The maximum atomic E-state index is 13.5. The molecule has 1 saturated heterocycles. The Balaban J connectivity index is 1.70. The molecule has 0 radical (unpaired) electrons. The van der Waals surface area contributed by atoms with E-state index in [1.807, 2.05) is 41.3 Å². The molecule has 29 heavy (non-hydrogen) atoms. The molecule has 1 unspecified atom stereocenters. The van der Waals surface area contributed by atoms with Gasteiger partial charge in [0.1, 0.15) is 5.66 Å². The fraction of sp³-hybridized carbons (Fsp3) is 0.174. The largest absolute Gasteiger partial charge is 0.309 e. The summed E-state index contributed by atoms with van der Waals surface area (Å²) in [6.07, 6.45) is 3.74. The monoisotopic (exact) mass is 403 g/mol. The van der Waals surface area contributed by atoms with Gasteiger partial charge < -0.3 is 9.80 Å². The molecule has 2 aliphatic rings. The third-order valence-electron chi connectivity index (χ3n) is 5.83. The van der Waals surface area contributed by atoms with E-state index in [0.29, 0.717) is 35.7 Å². The Morgan fingerprint density at radius 3 is 2.55 bits per heavy atom. The molecule has 0 saturated carbocycles. The zero-order valence-corrected chi connectivity index (χ0v) is 16.3. The molecule has 2 aliphatic heterocycles. The smallest absolute Gasteiger partial charge is 0.257 e. The highest BCUT2D eigenvalue weighted by atomic mass is 35.5. The fourth-order valence-electron chi connectivity index (χ4n) is 4.52. The average molecular weight is 404 g/mol. The van der Waals surface area contributed by atoms with Crippen LogP contribution in [0.5, 0.6) is 0 Å². The summed E-state index contributed by atoms with van der Waals surface area (Å²) in [5.41, 5.74) is 2.14. The number of fused-ring (bicyclic) bond motifs is 2. The van der Waals surface area contributed by atoms with Gasteiger partial charge in [0.05, 0.1) is 5.56 Å². The molecular weight excluding hydrogens is 386 g/mol. The Morgan fingerprint density at radius 1 is 1.00 bits per heavy atom. The van der Waals surface area contributed by atoms with E-state index in [2.05, 4.69) is 4.98 Å². The first-order valence-corrected chi connectivity index (χ1v) is 9.87. The number of hydrogen-bond acceptors (Lipinski definition) is 3. The molecule has 6 heteroatoms. The number of amides is 2. The first kappa shape index (κ1) is 17.9. The second kappa shape index (κ2) is 6.71. The van der Waals surface area contributed by atoms with Crippen molar-refractivity contribution >= 4 is 23.4 Å². The van der Waals surface area contributed by atoms with E-state index in [1.165, 1.54) is 0 Å². The number of pyridine rings is 1. The SMILES string of the molecule is O=C(c1cccnc1)N1CCN2C(=O)c3ccccc3CC12c1ccc(Cl)cc1. The van der Waals surface area contributed by atoms with Crippen molar-refractivity contribution < 1.29 is 9.59 Å². The molecule has 2 amide bonds. The highest BCUT2D eigenvalue weighted by Crippen LogP contribution is 2.45. The molecule has 0 spiro atoms. The van der Waals surface area contributed by atoms with Crippen molar-refractivity contribution in [3.63, 3.8) is 0 Å². The van der Waals surface area contributed by atoms with E-state index in [9.17, 15) is 9.59 Å². The Kier molecular flexibility index (Phi) is 4.14. The highest BCUT2D eigenvalue weighted by Gasteiger charge is 2.55. The Morgan fingerprint density at radius 2 is 1.79 bits per heavy atom. The highest BCUT2D eigenvalue weighted by molar-refractivity contribution is 6.30. The molecule has 1 fully saturated rings. The minimum Gasteiger partial charge on any atom is -0.309 e. The van der Waals surface area contributed by atoms with Crippen molar-refractivity contribution in [2.45, 2.75) is 12.1 Å². The molecule has 5 nitrogen and oxygen atoms in total. The molecule has 0 aliphatic carbocycles. The van der Waals surface area contributed by atoms with Gasteiger partial charge in [-0.3, -0.25) is 14.6 Å². The van der Waals surface area contributed by atoms with Gasteiger partial charge in [-0.25, -0.2) is 0 Å². The molecule has 3 aromatic rings.